The largest absolute Gasteiger partial charge is 0.339 e. The van der Waals surface area contributed by atoms with E-state index in [2.05, 4.69) is 54.8 Å². The molecule has 2 aromatic carbocycles. The monoisotopic (exact) mass is 546 g/mol. The lowest BCUT2D eigenvalue weighted by atomic mass is 10.0. The van der Waals surface area contributed by atoms with Crippen LogP contribution in [-0.4, -0.2) is 11.1 Å². The van der Waals surface area contributed by atoms with Gasteiger partial charge in [-0.3, -0.25) is 0 Å². The zero-order valence-electron chi connectivity index (χ0n) is 26.5. The van der Waals surface area contributed by atoms with Gasteiger partial charge in [-0.05, 0) is 48.9 Å². The van der Waals surface area contributed by atoms with Gasteiger partial charge in [0.15, 0.2) is 0 Å². The molecule has 2 nitrogen and oxygen atoms in total. The highest BCUT2D eigenvalue weighted by Gasteiger charge is 2.12. The fourth-order valence-corrected chi connectivity index (χ4v) is 6.50. The summed E-state index contributed by atoms with van der Waals surface area (Å²) in [7, 11) is 0. The van der Waals surface area contributed by atoms with E-state index < -0.39 is 0 Å². The summed E-state index contributed by atoms with van der Waals surface area (Å²) in [4.78, 5) is 0. The van der Waals surface area contributed by atoms with E-state index in [0.717, 1.165) is 6.54 Å². The maximum Gasteiger partial charge on any atom is 0.0494 e. The Kier molecular flexibility index (Phi) is 16.5. The van der Waals surface area contributed by atoms with Crippen LogP contribution in [0.1, 0.15) is 153 Å². The molecule has 0 fully saturated rings. The molecule has 2 N–H and O–H groups in total. The van der Waals surface area contributed by atoms with Gasteiger partial charge in [0.25, 0.3) is 0 Å². The number of unbranched alkanes of at least 4 members (excludes halogenated alkanes) is 18. The third-order valence-electron chi connectivity index (χ3n) is 8.99. The Labute approximate surface area is 247 Å². The van der Waals surface area contributed by atoms with Crippen LogP contribution in [0.4, 0.5) is 0 Å². The summed E-state index contributed by atoms with van der Waals surface area (Å²) >= 11 is 0. The molecule has 0 aliphatic rings. The summed E-state index contributed by atoms with van der Waals surface area (Å²) in [5.74, 6) is 0. The summed E-state index contributed by atoms with van der Waals surface area (Å²) in [6, 6.07) is 14.4. The van der Waals surface area contributed by atoms with Gasteiger partial charge < -0.3 is 10.3 Å². The van der Waals surface area contributed by atoms with E-state index in [-0.39, 0.29) is 0 Å². The Morgan fingerprint density at radius 1 is 0.475 bits per heavy atom. The van der Waals surface area contributed by atoms with E-state index in [0.29, 0.717) is 6.54 Å². The smallest absolute Gasteiger partial charge is 0.0494 e. The van der Waals surface area contributed by atoms with Crippen LogP contribution in [0, 0.1) is 0 Å². The molecule has 3 rings (SSSR count). The molecule has 1 heterocycles. The molecule has 0 bridgehead atoms. The van der Waals surface area contributed by atoms with Crippen molar-refractivity contribution >= 4 is 21.8 Å². The predicted molar refractivity (Wildman–Crippen MR) is 180 cm³/mol. The Morgan fingerprint density at radius 3 is 1.18 bits per heavy atom. The van der Waals surface area contributed by atoms with Crippen molar-refractivity contribution in [3.63, 3.8) is 0 Å². The minimum atomic E-state index is 0.685. The highest BCUT2D eigenvalue weighted by Crippen LogP contribution is 2.31. The van der Waals surface area contributed by atoms with E-state index in [4.69, 9.17) is 5.73 Å². The topological polar surface area (TPSA) is 30.9 Å². The van der Waals surface area contributed by atoms with Gasteiger partial charge in [0, 0.05) is 34.9 Å². The second-order valence-electron chi connectivity index (χ2n) is 12.5. The molecule has 0 spiro atoms. The van der Waals surface area contributed by atoms with Crippen LogP contribution in [0.5, 0.6) is 0 Å². The molecule has 0 aliphatic heterocycles. The second kappa shape index (κ2) is 20.1. The van der Waals surface area contributed by atoms with Crippen molar-refractivity contribution in [3.05, 3.63) is 47.5 Å². The number of aromatic nitrogens is 1. The number of hydrogen-bond acceptors (Lipinski definition) is 1. The number of nitrogens with two attached hydrogens (primary N) is 1. The van der Waals surface area contributed by atoms with Crippen LogP contribution >= 0.6 is 0 Å². The molecular formula is C38H62N2. The van der Waals surface area contributed by atoms with Crippen molar-refractivity contribution in [2.45, 2.75) is 162 Å². The fourth-order valence-electron chi connectivity index (χ4n) is 6.50. The van der Waals surface area contributed by atoms with Gasteiger partial charge in [-0.2, -0.15) is 0 Å². The number of nitrogens with zero attached hydrogens (tertiary/aromatic N) is 1. The van der Waals surface area contributed by atoms with Crippen molar-refractivity contribution in [3.8, 4) is 0 Å². The fraction of sp³-hybridized carbons (Fsp3) is 0.684. The molecule has 1 aromatic heterocycles. The van der Waals surface area contributed by atoms with Gasteiger partial charge in [0.1, 0.15) is 0 Å². The lowest BCUT2D eigenvalue weighted by molar-refractivity contribution is 0.556. The molecule has 3 aromatic rings. The van der Waals surface area contributed by atoms with Crippen molar-refractivity contribution in [1.82, 2.24) is 4.57 Å². The highest BCUT2D eigenvalue weighted by atomic mass is 15.0. The molecule has 0 saturated carbocycles. The summed E-state index contributed by atoms with van der Waals surface area (Å²) < 4.78 is 2.49. The van der Waals surface area contributed by atoms with E-state index in [1.54, 1.807) is 0 Å². The third-order valence-corrected chi connectivity index (χ3v) is 8.99. The number of rotatable bonds is 24. The number of hydrogen-bond donors (Lipinski definition) is 1. The first-order valence-electron chi connectivity index (χ1n) is 17.5. The van der Waals surface area contributed by atoms with Gasteiger partial charge in [-0.15, -0.1) is 0 Å². The van der Waals surface area contributed by atoms with Gasteiger partial charge in [0.2, 0.25) is 0 Å². The highest BCUT2D eigenvalue weighted by molar-refractivity contribution is 6.08. The summed E-state index contributed by atoms with van der Waals surface area (Å²) in [6.07, 6.45) is 30.3. The van der Waals surface area contributed by atoms with E-state index in [9.17, 15) is 0 Å². The normalized spacial score (nSPS) is 11.8. The molecular weight excluding hydrogens is 484 g/mol. The molecule has 40 heavy (non-hydrogen) atoms. The van der Waals surface area contributed by atoms with Crippen LogP contribution in [-0.2, 0) is 19.4 Å². The maximum atomic E-state index is 6.10. The minimum absolute atomic E-state index is 0.685. The van der Waals surface area contributed by atoms with Crippen LogP contribution in [0.25, 0.3) is 21.8 Å². The van der Waals surface area contributed by atoms with Crippen LogP contribution in [0.2, 0.25) is 0 Å². The third kappa shape index (κ3) is 11.2. The predicted octanol–water partition coefficient (Wildman–Crippen LogP) is 11.7. The van der Waals surface area contributed by atoms with E-state index in [1.165, 1.54) is 174 Å². The number of fused-ring (bicyclic) bond motifs is 3. The van der Waals surface area contributed by atoms with Crippen LogP contribution in [0.15, 0.2) is 36.4 Å². The lowest BCUT2D eigenvalue weighted by Gasteiger charge is -2.08. The second-order valence-corrected chi connectivity index (χ2v) is 12.5. The van der Waals surface area contributed by atoms with E-state index in [1.807, 2.05) is 0 Å². The zero-order valence-corrected chi connectivity index (χ0v) is 26.5. The Balaban J connectivity index is 1.47. The van der Waals surface area contributed by atoms with Gasteiger partial charge in [-0.1, -0.05) is 154 Å². The van der Waals surface area contributed by atoms with Gasteiger partial charge >= 0.3 is 0 Å². The molecule has 0 unspecified atom stereocenters. The summed E-state index contributed by atoms with van der Waals surface area (Å²) in [5, 5.41) is 2.78. The molecule has 224 valence electrons. The van der Waals surface area contributed by atoms with Crippen molar-refractivity contribution < 1.29 is 0 Å². The first kappa shape index (κ1) is 32.7. The van der Waals surface area contributed by atoms with Crippen molar-refractivity contribution in [2.24, 2.45) is 5.73 Å². The standard InChI is InChI=1S/C38H62N2/c1-3-5-7-9-11-13-15-17-19-21-23-33-25-27-35-36-28-26-34(32-38(36)40(30-29-39)37(35)31-33)24-22-20-18-16-14-12-10-8-6-4-2/h25-28,31-32H,3-24,29-30,39H2,1-2H3. The minimum Gasteiger partial charge on any atom is -0.339 e. The maximum absolute atomic E-state index is 6.10. The molecule has 0 saturated heterocycles. The van der Waals surface area contributed by atoms with Gasteiger partial charge in [0.05, 0.1) is 0 Å². The first-order chi connectivity index (χ1) is 19.8. The molecule has 2 heteroatoms. The SMILES string of the molecule is CCCCCCCCCCCCc1ccc2c3ccc(CCCCCCCCCCCC)cc3n(CCN)c2c1. The summed E-state index contributed by atoms with van der Waals surface area (Å²) in [5.41, 5.74) is 11.8. The van der Waals surface area contributed by atoms with E-state index >= 15 is 0 Å². The quantitative estimate of drug-likeness (QED) is 0.111. The Bertz CT molecular complexity index is 981. The summed E-state index contributed by atoms with van der Waals surface area (Å²) in [6.45, 7) is 6.17. The lowest BCUT2D eigenvalue weighted by Crippen LogP contribution is -2.09. The Morgan fingerprint density at radius 2 is 0.825 bits per heavy atom. The average molecular weight is 547 g/mol. The molecule has 0 aliphatic carbocycles. The molecule has 0 amide bonds. The number of benzene rings is 2. The van der Waals surface area contributed by atoms with Crippen molar-refractivity contribution in [2.75, 3.05) is 6.54 Å². The van der Waals surface area contributed by atoms with Gasteiger partial charge in [-0.25, -0.2) is 0 Å². The molecule has 0 radical (unpaired) electrons. The Hall–Kier alpha value is -1.80. The number of aryl methyl sites for hydroxylation is 2. The first-order valence-corrected chi connectivity index (χ1v) is 17.5. The van der Waals surface area contributed by atoms with Crippen molar-refractivity contribution in [1.29, 1.82) is 0 Å². The van der Waals surface area contributed by atoms with Crippen LogP contribution < -0.4 is 5.73 Å². The van der Waals surface area contributed by atoms with Crippen LogP contribution in [0.3, 0.4) is 0 Å². The zero-order chi connectivity index (χ0) is 28.3. The molecule has 0 atom stereocenters. The average Bonchev–Trinajstić information content (AvgIpc) is 3.27.